The van der Waals surface area contributed by atoms with Gasteiger partial charge in [0.1, 0.15) is 0 Å². The number of benzene rings is 2. The minimum atomic E-state index is -4.03. The van der Waals surface area contributed by atoms with Crippen molar-refractivity contribution in [1.82, 2.24) is 10.3 Å². The maximum absolute atomic E-state index is 12.6. The van der Waals surface area contributed by atoms with E-state index in [0.29, 0.717) is 35.3 Å². The smallest absolute Gasteiger partial charge is 0.266 e. The average Bonchev–Trinajstić information content (AvgIpc) is 3.05. The fourth-order valence-corrected chi connectivity index (χ4v) is 4.08. The maximum Gasteiger partial charge on any atom is 0.266 e. The Morgan fingerprint density at radius 3 is 2.59 bits per heavy atom. The first-order valence-electron chi connectivity index (χ1n) is 10.1. The summed E-state index contributed by atoms with van der Waals surface area (Å²) >= 11 is 0. The molecule has 1 aliphatic rings. The highest BCUT2D eigenvalue weighted by Crippen LogP contribution is 2.30. The fourth-order valence-electron chi connectivity index (χ4n) is 3.19. The molecule has 0 fully saturated rings. The molecule has 0 atom stereocenters. The van der Waals surface area contributed by atoms with E-state index in [-0.39, 0.29) is 22.8 Å². The second kappa shape index (κ2) is 9.58. The van der Waals surface area contributed by atoms with Crippen LogP contribution in [0.1, 0.15) is 36.2 Å². The van der Waals surface area contributed by atoms with Gasteiger partial charge < -0.3 is 14.4 Å². The first-order chi connectivity index (χ1) is 15.1. The van der Waals surface area contributed by atoms with E-state index in [1.54, 1.807) is 19.2 Å². The Kier molecular flexibility index (Phi) is 7.05. The molecule has 9 nitrogen and oxygen atoms in total. The van der Waals surface area contributed by atoms with Gasteiger partial charge in [-0.3, -0.25) is 15.0 Å². The van der Waals surface area contributed by atoms with E-state index < -0.39 is 15.9 Å². The number of amides is 2. The first-order valence-corrected chi connectivity index (χ1v) is 11.6. The number of methoxy groups -OCH3 is 1. The van der Waals surface area contributed by atoms with E-state index in [9.17, 15) is 18.0 Å². The first kappa shape index (κ1) is 23.6. The molecule has 2 aromatic carbocycles. The van der Waals surface area contributed by atoms with Gasteiger partial charge in [0.15, 0.2) is 11.5 Å². The monoisotopic (exact) mass is 461 g/mol. The molecule has 2 N–H and O–H groups in total. The van der Waals surface area contributed by atoms with E-state index in [0.717, 1.165) is 6.42 Å². The number of rotatable bonds is 9. The number of fused-ring (bicyclic) bond motifs is 1. The van der Waals surface area contributed by atoms with Crippen LogP contribution in [-0.2, 0) is 21.2 Å². The lowest BCUT2D eigenvalue weighted by Gasteiger charge is -2.14. The third kappa shape index (κ3) is 5.20. The quantitative estimate of drug-likeness (QED) is 0.554. The van der Waals surface area contributed by atoms with Gasteiger partial charge in [-0.2, -0.15) is 0 Å². The van der Waals surface area contributed by atoms with Crippen LogP contribution in [-0.4, -0.2) is 41.0 Å². The van der Waals surface area contributed by atoms with Gasteiger partial charge in [0.25, 0.3) is 15.9 Å². The predicted molar refractivity (Wildman–Crippen MR) is 119 cm³/mol. The van der Waals surface area contributed by atoms with E-state index in [2.05, 4.69) is 24.1 Å². The number of nitrogens with one attached hydrogen (secondary N) is 2. The van der Waals surface area contributed by atoms with Gasteiger partial charge in [-0.15, -0.1) is 4.83 Å². The van der Waals surface area contributed by atoms with Crippen LogP contribution in [0.4, 0.5) is 5.69 Å². The topological polar surface area (TPSA) is 114 Å². The van der Waals surface area contributed by atoms with Crippen LogP contribution < -0.4 is 24.6 Å². The third-order valence-corrected chi connectivity index (χ3v) is 6.36. The molecule has 1 heterocycles. The summed E-state index contributed by atoms with van der Waals surface area (Å²) in [5, 5.41) is 0. The molecule has 172 valence electrons. The molecule has 2 aromatic rings. The molecular weight excluding hydrogens is 434 g/mol. The molecule has 0 radical (unpaired) electrons. The van der Waals surface area contributed by atoms with Crippen LogP contribution in [0.2, 0.25) is 0 Å². The Balaban J connectivity index is 1.67. The van der Waals surface area contributed by atoms with Gasteiger partial charge in [-0.1, -0.05) is 13.8 Å². The zero-order valence-electron chi connectivity index (χ0n) is 18.5. The number of nitrogens with zero attached hydrogens (tertiary/aromatic N) is 1. The van der Waals surface area contributed by atoms with Crippen LogP contribution in [0.15, 0.2) is 41.3 Å². The number of likely N-dealkylation sites (N-methyl/N-ethyl adjacent to an activating group) is 1. The van der Waals surface area contributed by atoms with Crippen molar-refractivity contribution in [2.45, 2.75) is 31.6 Å². The lowest BCUT2D eigenvalue weighted by molar-refractivity contribution is -0.117. The number of anilines is 1. The zero-order chi connectivity index (χ0) is 23.5. The van der Waals surface area contributed by atoms with Gasteiger partial charge in [-0.25, -0.2) is 8.42 Å². The van der Waals surface area contributed by atoms with Crippen molar-refractivity contribution in [3.05, 3.63) is 47.5 Å². The fraction of sp³-hybridized carbons (Fsp3) is 0.364. The summed E-state index contributed by atoms with van der Waals surface area (Å²) in [5.74, 6) is 0.601. The summed E-state index contributed by atoms with van der Waals surface area (Å²) < 4.78 is 36.2. The van der Waals surface area contributed by atoms with E-state index >= 15 is 0 Å². The Bertz CT molecular complexity index is 1130. The van der Waals surface area contributed by atoms with Crippen molar-refractivity contribution >= 4 is 27.5 Å². The van der Waals surface area contributed by atoms with Crippen molar-refractivity contribution in [2.24, 2.45) is 5.92 Å². The number of hydrazine groups is 1. The van der Waals surface area contributed by atoms with Gasteiger partial charge in [0, 0.05) is 18.3 Å². The number of sulfonamides is 1. The number of carbonyl (C=O) groups is 2. The highest BCUT2D eigenvalue weighted by Gasteiger charge is 2.26. The lowest BCUT2D eigenvalue weighted by Crippen LogP contribution is -2.41. The lowest BCUT2D eigenvalue weighted by atomic mass is 10.1. The molecule has 32 heavy (non-hydrogen) atoms. The van der Waals surface area contributed by atoms with Crippen molar-refractivity contribution in [2.75, 3.05) is 25.7 Å². The Morgan fingerprint density at radius 2 is 1.91 bits per heavy atom. The zero-order valence-corrected chi connectivity index (χ0v) is 19.3. The molecule has 0 saturated heterocycles. The van der Waals surface area contributed by atoms with Crippen LogP contribution in [0, 0.1) is 5.92 Å². The molecule has 0 saturated carbocycles. The molecule has 0 bridgehead atoms. The van der Waals surface area contributed by atoms with Crippen molar-refractivity contribution in [3.8, 4) is 11.5 Å². The number of ether oxygens (including phenoxy) is 2. The normalized spacial score (nSPS) is 13.3. The summed E-state index contributed by atoms with van der Waals surface area (Å²) in [6.45, 7) is 4.70. The second-order valence-corrected chi connectivity index (χ2v) is 9.56. The largest absolute Gasteiger partial charge is 0.493 e. The number of carbonyl (C=O) groups excluding carboxylic acids is 2. The van der Waals surface area contributed by atoms with Crippen LogP contribution in [0.3, 0.4) is 0 Å². The van der Waals surface area contributed by atoms with Crippen molar-refractivity contribution in [1.29, 1.82) is 0 Å². The number of hydrogen-bond acceptors (Lipinski definition) is 6. The predicted octanol–water partition coefficient (Wildman–Crippen LogP) is 2.26. The molecule has 3 rings (SSSR count). The second-order valence-electron chi connectivity index (χ2n) is 7.88. The number of hydrogen-bond donors (Lipinski definition) is 2. The third-order valence-electron chi connectivity index (χ3n) is 5.12. The Hall–Kier alpha value is -3.11. The van der Waals surface area contributed by atoms with E-state index in [1.807, 2.05) is 0 Å². The molecular formula is C22H27N3O6S. The standard InChI is InChI=1S/C22H27N3O6S/c1-14(2)9-10-31-19-8-5-15(12-20(19)30-4)22(27)23-24-32(28,29)17-6-7-18-16(11-17)13-21(26)25(18)3/h5-8,11-12,14,24H,9-10,13H2,1-4H3,(H,23,27). The summed E-state index contributed by atoms with van der Waals surface area (Å²) in [6, 6.07) is 8.99. The van der Waals surface area contributed by atoms with Crippen LogP contribution in [0.5, 0.6) is 11.5 Å². The maximum atomic E-state index is 12.6. The molecule has 0 aromatic heterocycles. The Labute approximate surface area is 187 Å². The summed E-state index contributed by atoms with van der Waals surface area (Å²) in [7, 11) is -0.934. The summed E-state index contributed by atoms with van der Waals surface area (Å²) in [4.78, 5) is 27.8. The summed E-state index contributed by atoms with van der Waals surface area (Å²) in [5.41, 5.74) is 3.68. The highest BCUT2D eigenvalue weighted by atomic mass is 32.2. The molecule has 10 heteroatoms. The van der Waals surface area contributed by atoms with Crippen molar-refractivity contribution in [3.63, 3.8) is 0 Å². The highest BCUT2D eigenvalue weighted by molar-refractivity contribution is 7.89. The molecule has 2 amide bonds. The van der Waals surface area contributed by atoms with Gasteiger partial charge in [0.2, 0.25) is 5.91 Å². The van der Waals surface area contributed by atoms with Crippen LogP contribution >= 0.6 is 0 Å². The average molecular weight is 462 g/mol. The SMILES string of the molecule is COc1cc(C(=O)NNS(=O)(=O)c2ccc3c(c2)CC(=O)N3C)ccc1OCCC(C)C. The minimum Gasteiger partial charge on any atom is -0.493 e. The Morgan fingerprint density at radius 1 is 1.16 bits per heavy atom. The van der Waals surface area contributed by atoms with E-state index in [4.69, 9.17) is 9.47 Å². The summed E-state index contributed by atoms with van der Waals surface area (Å²) in [6.07, 6.45) is 1.01. The molecule has 1 aliphatic heterocycles. The molecule has 0 aliphatic carbocycles. The van der Waals surface area contributed by atoms with Crippen molar-refractivity contribution < 1.29 is 27.5 Å². The van der Waals surface area contributed by atoms with Gasteiger partial charge >= 0.3 is 0 Å². The van der Waals surface area contributed by atoms with Gasteiger partial charge in [0.05, 0.1) is 25.0 Å². The van der Waals surface area contributed by atoms with Crippen LogP contribution in [0.25, 0.3) is 0 Å². The molecule has 0 unspecified atom stereocenters. The van der Waals surface area contributed by atoms with Gasteiger partial charge in [-0.05, 0) is 54.3 Å². The van der Waals surface area contributed by atoms with E-state index in [1.165, 1.54) is 36.3 Å². The minimum absolute atomic E-state index is 0.0499. The molecule has 0 spiro atoms.